The zero-order chi connectivity index (χ0) is 17.5. The standard InChI is InChI=1S/C18H15BrN2O3/c1-24-16-5-2-12(3-6-16)11-21-18(23)14(10-20)8-13-9-15(19)4-7-17(13)22/h2-9,22H,11H2,1H3,(H,21,23)/b14-8-. The van der Waals surface area contributed by atoms with E-state index in [0.717, 1.165) is 15.8 Å². The van der Waals surface area contributed by atoms with Crippen LogP contribution in [0.25, 0.3) is 6.08 Å². The SMILES string of the molecule is COc1ccc(CNC(=O)/C(C#N)=C\c2cc(Br)ccc2O)cc1. The van der Waals surface area contributed by atoms with Gasteiger partial charge in [-0.05, 0) is 42.0 Å². The molecule has 0 aliphatic carbocycles. The summed E-state index contributed by atoms with van der Waals surface area (Å²) in [6.07, 6.45) is 1.35. The van der Waals surface area contributed by atoms with Crippen molar-refractivity contribution in [1.82, 2.24) is 5.32 Å². The number of nitrogens with zero attached hydrogens (tertiary/aromatic N) is 1. The van der Waals surface area contributed by atoms with Crippen LogP contribution in [0.5, 0.6) is 11.5 Å². The Labute approximate surface area is 148 Å². The molecule has 0 saturated carbocycles. The van der Waals surface area contributed by atoms with Gasteiger partial charge >= 0.3 is 0 Å². The third-order valence-electron chi connectivity index (χ3n) is 3.27. The van der Waals surface area contributed by atoms with Crippen LogP contribution in [0, 0.1) is 11.3 Å². The molecule has 0 aliphatic heterocycles. The third-order valence-corrected chi connectivity index (χ3v) is 3.76. The fraction of sp³-hybridized carbons (Fsp3) is 0.111. The lowest BCUT2D eigenvalue weighted by Gasteiger charge is -2.06. The number of hydrogen-bond donors (Lipinski definition) is 2. The average molecular weight is 387 g/mol. The van der Waals surface area contributed by atoms with Crippen LogP contribution in [0.3, 0.4) is 0 Å². The number of nitriles is 1. The number of rotatable bonds is 5. The molecule has 0 aromatic heterocycles. The Balaban J connectivity index is 2.09. The van der Waals surface area contributed by atoms with Gasteiger partial charge in [0.2, 0.25) is 0 Å². The summed E-state index contributed by atoms with van der Waals surface area (Å²) >= 11 is 3.28. The Bertz CT molecular complexity index is 808. The molecule has 0 radical (unpaired) electrons. The first-order valence-electron chi connectivity index (χ1n) is 7.05. The number of nitrogens with one attached hydrogen (secondary N) is 1. The molecule has 0 atom stereocenters. The van der Waals surface area contributed by atoms with E-state index in [9.17, 15) is 15.2 Å². The molecule has 0 fully saturated rings. The highest BCUT2D eigenvalue weighted by Gasteiger charge is 2.10. The first-order chi connectivity index (χ1) is 11.5. The van der Waals surface area contributed by atoms with Gasteiger partial charge in [0.1, 0.15) is 23.1 Å². The number of carbonyl (C=O) groups excluding carboxylic acids is 1. The molecule has 5 nitrogen and oxygen atoms in total. The lowest BCUT2D eigenvalue weighted by molar-refractivity contribution is -0.117. The summed E-state index contributed by atoms with van der Waals surface area (Å²) in [6.45, 7) is 0.284. The maximum Gasteiger partial charge on any atom is 0.262 e. The maximum absolute atomic E-state index is 12.2. The van der Waals surface area contributed by atoms with Crippen molar-refractivity contribution in [2.24, 2.45) is 0 Å². The van der Waals surface area contributed by atoms with Crippen LogP contribution in [0.2, 0.25) is 0 Å². The first kappa shape index (κ1) is 17.6. The molecule has 1 amide bonds. The van der Waals surface area contributed by atoms with Gasteiger partial charge in [0.05, 0.1) is 7.11 Å². The molecule has 24 heavy (non-hydrogen) atoms. The summed E-state index contributed by atoms with van der Waals surface area (Å²) in [7, 11) is 1.58. The molecule has 0 heterocycles. The van der Waals surface area contributed by atoms with E-state index in [1.807, 2.05) is 18.2 Å². The summed E-state index contributed by atoms with van der Waals surface area (Å²) in [5.74, 6) is 0.217. The summed E-state index contributed by atoms with van der Waals surface area (Å²) in [4.78, 5) is 12.2. The zero-order valence-corrected chi connectivity index (χ0v) is 14.5. The minimum absolute atomic E-state index is 0.00564. The van der Waals surface area contributed by atoms with Gasteiger partial charge in [-0.25, -0.2) is 0 Å². The Kier molecular flexibility index (Phi) is 5.99. The summed E-state index contributed by atoms with van der Waals surface area (Å²) < 4.78 is 5.81. The predicted molar refractivity (Wildman–Crippen MR) is 94.2 cm³/mol. The van der Waals surface area contributed by atoms with Crippen LogP contribution in [-0.4, -0.2) is 18.1 Å². The van der Waals surface area contributed by atoms with Crippen molar-refractivity contribution in [3.05, 3.63) is 63.6 Å². The minimum Gasteiger partial charge on any atom is -0.507 e. The van der Waals surface area contributed by atoms with E-state index < -0.39 is 5.91 Å². The van der Waals surface area contributed by atoms with Crippen LogP contribution in [-0.2, 0) is 11.3 Å². The van der Waals surface area contributed by atoms with Gasteiger partial charge in [-0.2, -0.15) is 5.26 Å². The number of phenols is 1. The summed E-state index contributed by atoms with van der Waals surface area (Å²) in [5, 5.41) is 21.7. The van der Waals surface area contributed by atoms with E-state index in [1.54, 1.807) is 31.4 Å². The molecule has 122 valence electrons. The van der Waals surface area contributed by atoms with Crippen molar-refractivity contribution < 1.29 is 14.6 Å². The van der Waals surface area contributed by atoms with E-state index in [-0.39, 0.29) is 17.9 Å². The quantitative estimate of drug-likeness (QED) is 0.609. The second kappa shape index (κ2) is 8.18. The van der Waals surface area contributed by atoms with Crippen LogP contribution in [0.15, 0.2) is 52.5 Å². The smallest absolute Gasteiger partial charge is 0.262 e. The molecular formula is C18H15BrN2O3. The second-order valence-electron chi connectivity index (χ2n) is 4.90. The van der Waals surface area contributed by atoms with Gasteiger partial charge in [0, 0.05) is 16.6 Å². The normalized spacial score (nSPS) is 10.8. The lowest BCUT2D eigenvalue weighted by Crippen LogP contribution is -2.23. The number of methoxy groups -OCH3 is 1. The molecule has 0 unspecified atom stereocenters. The van der Waals surface area contributed by atoms with Gasteiger partial charge in [0.15, 0.2) is 0 Å². The van der Waals surface area contributed by atoms with Crippen LogP contribution in [0.1, 0.15) is 11.1 Å². The fourth-order valence-electron chi connectivity index (χ4n) is 1.97. The maximum atomic E-state index is 12.2. The van der Waals surface area contributed by atoms with Crippen LogP contribution < -0.4 is 10.1 Å². The molecule has 2 aromatic carbocycles. The summed E-state index contributed by atoms with van der Waals surface area (Å²) in [5.41, 5.74) is 1.18. The highest BCUT2D eigenvalue weighted by atomic mass is 79.9. The third kappa shape index (κ3) is 4.61. The average Bonchev–Trinajstić information content (AvgIpc) is 2.60. The van der Waals surface area contributed by atoms with Gasteiger partial charge in [-0.1, -0.05) is 28.1 Å². The van der Waals surface area contributed by atoms with Crippen LogP contribution in [0.4, 0.5) is 0 Å². The van der Waals surface area contributed by atoms with E-state index in [0.29, 0.717) is 5.56 Å². The molecule has 0 saturated heterocycles. The first-order valence-corrected chi connectivity index (χ1v) is 7.84. The Morgan fingerprint density at radius 3 is 2.67 bits per heavy atom. The van der Waals surface area contributed by atoms with Crippen molar-refractivity contribution >= 4 is 27.9 Å². The highest BCUT2D eigenvalue weighted by Crippen LogP contribution is 2.24. The van der Waals surface area contributed by atoms with E-state index >= 15 is 0 Å². The van der Waals surface area contributed by atoms with Gasteiger partial charge < -0.3 is 15.2 Å². The van der Waals surface area contributed by atoms with Crippen molar-refractivity contribution in [1.29, 1.82) is 5.26 Å². The van der Waals surface area contributed by atoms with E-state index in [1.165, 1.54) is 12.1 Å². The number of ether oxygens (including phenoxy) is 1. The molecule has 0 spiro atoms. The Morgan fingerprint density at radius 2 is 2.04 bits per heavy atom. The van der Waals surface area contributed by atoms with Crippen molar-refractivity contribution in [2.75, 3.05) is 7.11 Å². The largest absolute Gasteiger partial charge is 0.507 e. The molecule has 0 bridgehead atoms. The molecule has 2 rings (SSSR count). The van der Waals surface area contributed by atoms with Crippen molar-refractivity contribution in [3.63, 3.8) is 0 Å². The fourth-order valence-corrected chi connectivity index (χ4v) is 2.34. The van der Waals surface area contributed by atoms with Gasteiger partial charge in [0.25, 0.3) is 5.91 Å². The number of amides is 1. The Hall–Kier alpha value is -2.78. The van der Waals surface area contributed by atoms with E-state index in [4.69, 9.17) is 4.74 Å². The second-order valence-corrected chi connectivity index (χ2v) is 5.82. The monoisotopic (exact) mass is 386 g/mol. The number of aromatic hydroxyl groups is 1. The zero-order valence-electron chi connectivity index (χ0n) is 12.9. The minimum atomic E-state index is -0.507. The van der Waals surface area contributed by atoms with Crippen molar-refractivity contribution in [2.45, 2.75) is 6.54 Å². The van der Waals surface area contributed by atoms with E-state index in [2.05, 4.69) is 21.2 Å². The number of benzene rings is 2. The molecule has 6 heteroatoms. The highest BCUT2D eigenvalue weighted by molar-refractivity contribution is 9.10. The molecule has 0 aliphatic rings. The molecular weight excluding hydrogens is 372 g/mol. The Morgan fingerprint density at radius 1 is 1.33 bits per heavy atom. The topological polar surface area (TPSA) is 82.3 Å². The number of halogens is 1. The number of hydrogen-bond acceptors (Lipinski definition) is 4. The molecule has 2 N–H and O–H groups in total. The summed E-state index contributed by atoms with van der Waals surface area (Å²) in [6, 6.07) is 13.9. The van der Waals surface area contributed by atoms with Crippen molar-refractivity contribution in [3.8, 4) is 17.6 Å². The van der Waals surface area contributed by atoms with Gasteiger partial charge in [-0.15, -0.1) is 0 Å². The van der Waals surface area contributed by atoms with Crippen LogP contribution >= 0.6 is 15.9 Å². The number of carbonyl (C=O) groups is 1. The van der Waals surface area contributed by atoms with Gasteiger partial charge in [-0.3, -0.25) is 4.79 Å². The predicted octanol–water partition coefficient (Wildman–Crippen LogP) is 3.39. The molecule has 2 aromatic rings. The lowest BCUT2D eigenvalue weighted by atomic mass is 10.1. The number of phenolic OH excluding ortho intramolecular Hbond substituents is 1.